The Kier molecular flexibility index (Phi) is 5.37. The number of carbonyl (C=O) groups is 2. The van der Waals surface area contributed by atoms with E-state index in [1.165, 1.54) is 16.2 Å². The lowest BCUT2D eigenvalue weighted by Crippen LogP contribution is -2.63. The molecule has 2 fully saturated rings. The number of imidazole rings is 1. The molecule has 3 aliphatic rings. The first-order valence-corrected chi connectivity index (χ1v) is 12.7. The van der Waals surface area contributed by atoms with Crippen LogP contribution in [-0.4, -0.2) is 74.1 Å². The van der Waals surface area contributed by atoms with E-state index in [2.05, 4.69) is 9.88 Å². The third-order valence-corrected chi connectivity index (χ3v) is 9.07. The van der Waals surface area contributed by atoms with Gasteiger partial charge in [-0.1, -0.05) is 30.0 Å². The quantitative estimate of drug-likeness (QED) is 0.272. The average molecular weight is 480 g/mol. The summed E-state index contributed by atoms with van der Waals surface area (Å²) in [7, 11) is 0. The largest absolute Gasteiger partial charge is 0.477 e. The molecule has 2 aromatic rings. The van der Waals surface area contributed by atoms with Crippen LogP contribution in [0.3, 0.4) is 0 Å². The molecule has 9 nitrogen and oxygen atoms in total. The number of aliphatic hydroxyl groups excluding tert-OH is 2. The van der Waals surface area contributed by atoms with Gasteiger partial charge in [0.1, 0.15) is 17.9 Å². The van der Waals surface area contributed by atoms with Gasteiger partial charge in [0, 0.05) is 30.5 Å². The van der Waals surface area contributed by atoms with E-state index in [4.69, 9.17) is 0 Å². The molecule has 5 heterocycles. The summed E-state index contributed by atoms with van der Waals surface area (Å²) in [4.78, 5) is 28.0. The van der Waals surface area contributed by atoms with Gasteiger partial charge in [-0.2, -0.15) is 4.40 Å². The van der Waals surface area contributed by atoms with Crippen molar-refractivity contribution in [3.63, 3.8) is 0 Å². The molecule has 172 valence electrons. The Morgan fingerprint density at radius 3 is 2.81 bits per heavy atom. The van der Waals surface area contributed by atoms with Crippen LogP contribution in [-0.2, 0) is 9.59 Å². The smallest absolute Gasteiger partial charge is 0.352 e. The van der Waals surface area contributed by atoms with Crippen molar-refractivity contribution in [1.82, 2.24) is 14.6 Å². The maximum Gasteiger partial charge on any atom is 0.352 e. The molecular weight excluding hydrogens is 452 g/mol. The second-order valence-electron chi connectivity index (χ2n) is 8.84. The van der Waals surface area contributed by atoms with Gasteiger partial charge >= 0.3 is 5.97 Å². The van der Waals surface area contributed by atoms with E-state index in [-0.39, 0.29) is 42.3 Å². The number of carbonyl (C=O) groups excluding carboxylic acids is 1. The molecule has 3 aliphatic heterocycles. The Bertz CT molecular complexity index is 1140. The number of thiazole rings is 1. The fourth-order valence-electron chi connectivity index (χ4n) is 5.52. The van der Waals surface area contributed by atoms with E-state index in [1.807, 2.05) is 30.1 Å². The van der Waals surface area contributed by atoms with Crippen LogP contribution in [0.5, 0.6) is 0 Å². The second-order valence-corrected chi connectivity index (χ2v) is 10.7. The van der Waals surface area contributed by atoms with E-state index < -0.39 is 18.0 Å². The number of β-lactam (4-membered cyclic amide) rings is 1. The number of aromatic nitrogens is 2. The Balaban J connectivity index is 1.56. The maximum atomic E-state index is 12.6. The second kappa shape index (κ2) is 7.84. The van der Waals surface area contributed by atoms with Crippen molar-refractivity contribution in [2.45, 2.75) is 49.5 Å². The lowest BCUT2D eigenvalue weighted by Gasteiger charge is -2.46. The zero-order chi connectivity index (χ0) is 22.9. The number of hydrogen-bond donors (Lipinski definition) is 4. The zero-order valence-electron chi connectivity index (χ0n) is 18.1. The minimum atomic E-state index is -1.11. The van der Waals surface area contributed by atoms with Gasteiger partial charge in [0.05, 0.1) is 29.5 Å². The number of nitrogens with one attached hydrogen (secondary N) is 1. The minimum absolute atomic E-state index is 0.0401. The number of aliphatic carboxylic acids is 1. The molecule has 11 heteroatoms. The molecule has 32 heavy (non-hydrogen) atoms. The molecule has 0 aliphatic carbocycles. The fourth-order valence-corrected chi connectivity index (χ4v) is 7.75. The Morgan fingerprint density at radius 2 is 2.22 bits per heavy atom. The Labute approximate surface area is 193 Å². The molecule has 0 aromatic carbocycles. The zero-order valence-corrected chi connectivity index (χ0v) is 19.7. The van der Waals surface area contributed by atoms with Gasteiger partial charge < -0.3 is 25.5 Å². The SMILES string of the molecule is CSc1c2sc(C3=C(C(=O)O)N4C(=O)[C@H]([C@@H](C)O)[C@H]4[C@H]3C)cn2c[n+]1[C@H]1CN[C@H](CO)C1. The lowest BCUT2D eigenvalue weighted by atomic mass is 9.77. The number of carboxylic acids is 1. The fraction of sp³-hybridized carbons (Fsp3) is 0.571. The van der Waals surface area contributed by atoms with Gasteiger partial charge in [-0.05, 0) is 13.2 Å². The summed E-state index contributed by atoms with van der Waals surface area (Å²) in [5.41, 5.74) is 0.701. The van der Waals surface area contributed by atoms with Crippen molar-refractivity contribution in [1.29, 1.82) is 0 Å². The number of carboxylic acid groups (broad SMARTS) is 1. The van der Waals surface area contributed by atoms with Crippen molar-refractivity contribution in [2.24, 2.45) is 11.8 Å². The molecule has 1 amide bonds. The maximum absolute atomic E-state index is 12.6. The standard InChI is InChI=1S/C21H26N4O5S2/c1-9-14(17(21(29)30)25-16(9)15(10(2)27)18(25)28)13-6-23-8-24(20(31-3)19(23)32-13)12-4-11(7-26)22-5-12/h6,8-12,15-16,22,26-27H,4-5,7H2,1-3H3/p+1/t9-,10+,11-,12+,15+,16+/m0/s1. The normalized spacial score (nSPS) is 30.8. The molecule has 5 rings (SSSR count). The molecule has 2 saturated heterocycles. The van der Waals surface area contributed by atoms with E-state index >= 15 is 0 Å². The first-order valence-electron chi connectivity index (χ1n) is 10.7. The van der Waals surface area contributed by atoms with Crippen LogP contribution >= 0.6 is 23.1 Å². The first kappa shape index (κ1) is 21.9. The average Bonchev–Trinajstić information content (AvgIpc) is 3.47. The monoisotopic (exact) mass is 479 g/mol. The van der Waals surface area contributed by atoms with E-state index in [0.717, 1.165) is 27.7 Å². The minimum Gasteiger partial charge on any atom is -0.477 e. The van der Waals surface area contributed by atoms with Crippen molar-refractivity contribution < 1.29 is 29.5 Å². The molecule has 2 aromatic heterocycles. The predicted octanol–water partition coefficient (Wildman–Crippen LogP) is 0.559. The van der Waals surface area contributed by atoms with E-state index in [9.17, 15) is 24.9 Å². The third-order valence-electron chi connectivity index (χ3n) is 7.01. The highest BCUT2D eigenvalue weighted by molar-refractivity contribution is 7.98. The van der Waals surface area contributed by atoms with Crippen molar-refractivity contribution in [3.8, 4) is 0 Å². The molecule has 0 saturated carbocycles. The highest BCUT2D eigenvalue weighted by Gasteiger charge is 2.60. The lowest BCUT2D eigenvalue weighted by molar-refractivity contribution is -0.750. The van der Waals surface area contributed by atoms with Crippen LogP contribution in [0.2, 0.25) is 0 Å². The number of thioether (sulfide) groups is 1. The van der Waals surface area contributed by atoms with Crippen molar-refractivity contribution >= 4 is 45.4 Å². The van der Waals surface area contributed by atoms with Gasteiger partial charge in [-0.3, -0.25) is 4.79 Å². The van der Waals surface area contributed by atoms with Gasteiger partial charge in [-0.15, -0.1) is 0 Å². The van der Waals surface area contributed by atoms with Crippen LogP contribution in [0, 0.1) is 11.8 Å². The highest BCUT2D eigenvalue weighted by Crippen LogP contribution is 2.51. The summed E-state index contributed by atoms with van der Waals surface area (Å²) < 4.78 is 4.26. The summed E-state index contributed by atoms with van der Waals surface area (Å²) in [6.07, 6.45) is 6.04. The molecule has 0 spiro atoms. The summed E-state index contributed by atoms with van der Waals surface area (Å²) >= 11 is 3.17. The van der Waals surface area contributed by atoms with E-state index in [0.29, 0.717) is 5.57 Å². The number of nitrogens with zero attached hydrogens (tertiary/aromatic N) is 3. The van der Waals surface area contributed by atoms with Gasteiger partial charge in [0.25, 0.3) is 6.33 Å². The molecule has 4 N–H and O–H groups in total. The molecule has 0 bridgehead atoms. The first-order chi connectivity index (χ1) is 15.3. The van der Waals surface area contributed by atoms with Crippen LogP contribution in [0.1, 0.15) is 31.2 Å². The van der Waals surface area contributed by atoms with Crippen LogP contribution in [0.25, 0.3) is 10.4 Å². The van der Waals surface area contributed by atoms with Crippen LogP contribution < -0.4 is 9.88 Å². The number of fused-ring (bicyclic) bond motifs is 2. The molecular formula is C21H27N4O5S2+. The third kappa shape index (κ3) is 2.98. The van der Waals surface area contributed by atoms with Crippen LogP contribution in [0.15, 0.2) is 23.2 Å². The predicted molar refractivity (Wildman–Crippen MR) is 119 cm³/mol. The number of aliphatic hydroxyl groups is 2. The van der Waals surface area contributed by atoms with Crippen LogP contribution in [0.4, 0.5) is 0 Å². The van der Waals surface area contributed by atoms with Gasteiger partial charge in [0.15, 0.2) is 0 Å². The summed E-state index contributed by atoms with van der Waals surface area (Å²) in [5.74, 6) is -2.18. The molecule has 0 unspecified atom stereocenters. The number of rotatable bonds is 6. The highest BCUT2D eigenvalue weighted by atomic mass is 32.2. The molecule has 0 radical (unpaired) electrons. The van der Waals surface area contributed by atoms with E-state index in [1.54, 1.807) is 18.7 Å². The summed E-state index contributed by atoms with van der Waals surface area (Å²) in [6, 6.07) is 0.0213. The van der Waals surface area contributed by atoms with Crippen molar-refractivity contribution in [3.05, 3.63) is 23.1 Å². The number of amides is 1. The van der Waals surface area contributed by atoms with Gasteiger partial charge in [-0.25, -0.2) is 9.36 Å². The Morgan fingerprint density at radius 1 is 1.47 bits per heavy atom. The van der Waals surface area contributed by atoms with Crippen molar-refractivity contribution in [2.75, 3.05) is 19.4 Å². The molecule has 6 atom stereocenters. The number of hydrogen-bond acceptors (Lipinski definition) is 7. The summed E-state index contributed by atoms with van der Waals surface area (Å²) in [6.45, 7) is 4.43. The van der Waals surface area contributed by atoms with Gasteiger partial charge in [0.2, 0.25) is 15.8 Å². The summed E-state index contributed by atoms with van der Waals surface area (Å²) in [5, 5.41) is 33.9. The Hall–Kier alpha value is -1.92. The topological polar surface area (TPSA) is 118 Å².